The summed E-state index contributed by atoms with van der Waals surface area (Å²) < 4.78 is 5.85. The Bertz CT molecular complexity index is 311. The van der Waals surface area contributed by atoms with E-state index in [0.29, 0.717) is 5.41 Å². The highest BCUT2D eigenvalue weighted by atomic mass is 16.5. The Morgan fingerprint density at radius 1 is 1.30 bits per heavy atom. The van der Waals surface area contributed by atoms with Crippen molar-refractivity contribution in [3.8, 4) is 0 Å². The lowest BCUT2D eigenvalue weighted by molar-refractivity contribution is -0.0238. The molecule has 2 aliphatic heterocycles. The van der Waals surface area contributed by atoms with Gasteiger partial charge in [-0.3, -0.25) is 0 Å². The number of nitrogens with one attached hydrogen (secondary N) is 1. The topological polar surface area (TPSA) is 27.7 Å². The van der Waals surface area contributed by atoms with Crippen LogP contribution in [0.25, 0.3) is 0 Å². The zero-order chi connectivity index (χ0) is 14.0. The van der Waals surface area contributed by atoms with Crippen molar-refractivity contribution in [3.63, 3.8) is 0 Å². The van der Waals surface area contributed by atoms with Crippen LogP contribution in [0, 0.1) is 5.41 Å². The molecule has 3 rings (SSSR count). The lowest BCUT2D eigenvalue weighted by atomic mass is 9.81. The lowest BCUT2D eigenvalue weighted by Gasteiger charge is -2.40. The van der Waals surface area contributed by atoms with Crippen LogP contribution in [0.3, 0.4) is 0 Å². The molecule has 0 aromatic rings. The average molecular weight is 281 g/mol. The van der Waals surface area contributed by atoms with Gasteiger partial charge >= 0.3 is 0 Å². The first-order chi connectivity index (χ1) is 9.67. The third kappa shape index (κ3) is 3.73. The molecule has 0 radical (unpaired) electrons. The van der Waals surface area contributed by atoms with Crippen molar-refractivity contribution in [1.82, 2.24) is 15.1 Å². The molecule has 2 unspecified atom stereocenters. The van der Waals surface area contributed by atoms with Crippen LogP contribution in [0.4, 0.5) is 0 Å². The van der Waals surface area contributed by atoms with E-state index in [9.17, 15) is 0 Å². The molecule has 0 spiro atoms. The van der Waals surface area contributed by atoms with E-state index < -0.39 is 0 Å². The number of likely N-dealkylation sites (N-methyl/N-ethyl adjacent to an activating group) is 1. The first kappa shape index (κ1) is 14.8. The van der Waals surface area contributed by atoms with E-state index in [1.54, 1.807) is 0 Å². The molecule has 2 saturated heterocycles. The molecule has 4 nitrogen and oxygen atoms in total. The van der Waals surface area contributed by atoms with Crippen LogP contribution >= 0.6 is 0 Å². The van der Waals surface area contributed by atoms with Gasteiger partial charge in [0.15, 0.2) is 0 Å². The van der Waals surface area contributed by atoms with Crippen LogP contribution in [0.1, 0.15) is 32.1 Å². The van der Waals surface area contributed by atoms with Gasteiger partial charge in [-0.15, -0.1) is 0 Å². The predicted octanol–water partition coefficient (Wildman–Crippen LogP) is 1.17. The molecule has 3 aliphatic rings. The smallest absolute Gasteiger partial charge is 0.0546 e. The minimum atomic E-state index is 0.363. The summed E-state index contributed by atoms with van der Waals surface area (Å²) in [4.78, 5) is 5.06. The predicted molar refractivity (Wildman–Crippen MR) is 82.0 cm³/mol. The monoisotopic (exact) mass is 281 g/mol. The first-order valence-corrected chi connectivity index (χ1v) is 8.37. The summed E-state index contributed by atoms with van der Waals surface area (Å²) in [5.41, 5.74) is 0.363. The van der Waals surface area contributed by atoms with Crippen molar-refractivity contribution < 1.29 is 4.74 Å². The zero-order valence-corrected chi connectivity index (χ0v) is 13.2. The minimum absolute atomic E-state index is 0.363. The van der Waals surface area contributed by atoms with Crippen molar-refractivity contribution >= 4 is 0 Å². The number of rotatable bonds is 6. The first-order valence-electron chi connectivity index (χ1n) is 8.37. The van der Waals surface area contributed by atoms with Gasteiger partial charge in [-0.05, 0) is 52.7 Å². The van der Waals surface area contributed by atoms with E-state index in [-0.39, 0.29) is 0 Å². The summed E-state index contributed by atoms with van der Waals surface area (Å²) in [7, 11) is 4.42. The molecule has 2 atom stereocenters. The fraction of sp³-hybridized carbons (Fsp3) is 1.00. The SMILES string of the molecule is CN(C)C1CCN(CC2(CNC3CC3)CCCOC2)C1. The maximum atomic E-state index is 5.85. The molecule has 4 heteroatoms. The van der Waals surface area contributed by atoms with Gasteiger partial charge < -0.3 is 19.9 Å². The quantitative estimate of drug-likeness (QED) is 0.791. The number of ether oxygens (including phenoxy) is 1. The van der Waals surface area contributed by atoms with E-state index in [0.717, 1.165) is 31.8 Å². The van der Waals surface area contributed by atoms with Crippen LogP contribution in [0.5, 0.6) is 0 Å². The maximum absolute atomic E-state index is 5.85. The normalized spacial score (nSPS) is 35.9. The van der Waals surface area contributed by atoms with Gasteiger partial charge in [0.05, 0.1) is 6.61 Å². The van der Waals surface area contributed by atoms with Gasteiger partial charge in [0.25, 0.3) is 0 Å². The highest BCUT2D eigenvalue weighted by Crippen LogP contribution is 2.32. The molecular weight excluding hydrogens is 250 g/mol. The summed E-state index contributed by atoms with van der Waals surface area (Å²) in [6.45, 7) is 6.78. The largest absolute Gasteiger partial charge is 0.381 e. The molecular formula is C16H31N3O. The van der Waals surface area contributed by atoms with Gasteiger partial charge in [-0.2, -0.15) is 0 Å². The summed E-state index contributed by atoms with van der Waals surface area (Å²) >= 11 is 0. The van der Waals surface area contributed by atoms with E-state index in [4.69, 9.17) is 4.74 Å². The number of nitrogens with zero attached hydrogens (tertiary/aromatic N) is 2. The van der Waals surface area contributed by atoms with Crippen molar-refractivity contribution in [3.05, 3.63) is 0 Å². The second kappa shape index (κ2) is 6.30. The van der Waals surface area contributed by atoms with E-state index >= 15 is 0 Å². The molecule has 0 aromatic carbocycles. The minimum Gasteiger partial charge on any atom is -0.381 e. The third-order valence-electron chi connectivity index (χ3n) is 5.28. The van der Waals surface area contributed by atoms with E-state index in [2.05, 4.69) is 29.2 Å². The van der Waals surface area contributed by atoms with Crippen LogP contribution in [-0.4, -0.2) is 75.4 Å². The molecule has 0 aromatic heterocycles. The fourth-order valence-electron chi connectivity index (χ4n) is 3.73. The molecule has 1 saturated carbocycles. The van der Waals surface area contributed by atoms with Crippen molar-refractivity contribution in [1.29, 1.82) is 0 Å². The third-order valence-corrected chi connectivity index (χ3v) is 5.28. The Kier molecular flexibility index (Phi) is 4.65. The van der Waals surface area contributed by atoms with Crippen molar-refractivity contribution in [2.45, 2.75) is 44.2 Å². The second-order valence-corrected chi connectivity index (χ2v) is 7.45. The Balaban J connectivity index is 1.55. The molecule has 2 heterocycles. The highest BCUT2D eigenvalue weighted by molar-refractivity contribution is 4.93. The zero-order valence-electron chi connectivity index (χ0n) is 13.2. The Morgan fingerprint density at radius 3 is 2.75 bits per heavy atom. The molecule has 20 heavy (non-hydrogen) atoms. The highest BCUT2D eigenvalue weighted by Gasteiger charge is 2.38. The maximum Gasteiger partial charge on any atom is 0.0546 e. The Morgan fingerprint density at radius 2 is 2.15 bits per heavy atom. The lowest BCUT2D eigenvalue weighted by Crippen LogP contribution is -2.49. The van der Waals surface area contributed by atoms with Gasteiger partial charge in [-0.1, -0.05) is 0 Å². The standard InChI is InChI=1S/C16H31N3O/c1-18(2)15-6-8-19(10-15)12-16(7-3-9-20-13-16)11-17-14-4-5-14/h14-15,17H,3-13H2,1-2H3. The summed E-state index contributed by atoms with van der Waals surface area (Å²) in [6, 6.07) is 1.55. The molecule has 3 fully saturated rings. The van der Waals surface area contributed by atoms with Crippen LogP contribution < -0.4 is 5.32 Å². The number of hydrogen-bond acceptors (Lipinski definition) is 4. The van der Waals surface area contributed by atoms with Gasteiger partial charge in [0, 0.05) is 43.7 Å². The van der Waals surface area contributed by atoms with Crippen LogP contribution in [0.15, 0.2) is 0 Å². The molecule has 1 N–H and O–H groups in total. The molecule has 0 bridgehead atoms. The number of likely N-dealkylation sites (tertiary alicyclic amines) is 1. The summed E-state index contributed by atoms with van der Waals surface area (Å²) in [5.74, 6) is 0. The van der Waals surface area contributed by atoms with Crippen molar-refractivity contribution in [2.75, 3.05) is 53.5 Å². The van der Waals surface area contributed by atoms with E-state index in [1.165, 1.54) is 51.7 Å². The number of hydrogen-bond donors (Lipinski definition) is 1. The molecule has 116 valence electrons. The van der Waals surface area contributed by atoms with E-state index in [1.807, 2.05) is 0 Å². The van der Waals surface area contributed by atoms with Crippen molar-refractivity contribution in [2.24, 2.45) is 5.41 Å². The summed E-state index contributed by atoms with van der Waals surface area (Å²) in [5, 5.41) is 3.76. The molecule has 0 amide bonds. The van der Waals surface area contributed by atoms with Gasteiger partial charge in [-0.25, -0.2) is 0 Å². The second-order valence-electron chi connectivity index (χ2n) is 7.45. The Labute approximate surface area is 123 Å². The van der Waals surface area contributed by atoms with Gasteiger partial charge in [0.2, 0.25) is 0 Å². The Hall–Kier alpha value is -0.160. The summed E-state index contributed by atoms with van der Waals surface area (Å²) in [6.07, 6.45) is 6.64. The van der Waals surface area contributed by atoms with Crippen LogP contribution in [0.2, 0.25) is 0 Å². The average Bonchev–Trinajstić information content (AvgIpc) is 3.16. The molecule has 1 aliphatic carbocycles. The van der Waals surface area contributed by atoms with Gasteiger partial charge in [0.1, 0.15) is 0 Å². The van der Waals surface area contributed by atoms with Crippen LogP contribution in [-0.2, 0) is 4.74 Å². The fourth-order valence-corrected chi connectivity index (χ4v) is 3.73.